The average molecular weight is 368 g/mol. The highest BCUT2D eigenvalue weighted by Crippen LogP contribution is 2.38. The maximum absolute atomic E-state index is 13.0. The molecule has 0 spiro atoms. The summed E-state index contributed by atoms with van der Waals surface area (Å²) in [5.74, 6) is 1.28. The summed E-state index contributed by atoms with van der Waals surface area (Å²) in [6, 6.07) is 1.87. The van der Waals surface area contributed by atoms with Gasteiger partial charge in [0.05, 0.1) is 6.20 Å². The lowest BCUT2D eigenvalue weighted by Gasteiger charge is -2.39. The van der Waals surface area contributed by atoms with Crippen molar-refractivity contribution in [1.29, 1.82) is 0 Å². The van der Waals surface area contributed by atoms with E-state index < -0.39 is 0 Å². The fourth-order valence-electron chi connectivity index (χ4n) is 4.30. The monoisotopic (exact) mass is 368 g/mol. The summed E-state index contributed by atoms with van der Waals surface area (Å²) in [5.41, 5.74) is 1.49. The van der Waals surface area contributed by atoms with Crippen molar-refractivity contribution in [3.05, 3.63) is 42.0 Å². The minimum atomic E-state index is -0.142. The second-order valence-corrected chi connectivity index (χ2v) is 7.46. The molecule has 8 heteroatoms. The van der Waals surface area contributed by atoms with Gasteiger partial charge in [-0.2, -0.15) is 10.2 Å². The summed E-state index contributed by atoms with van der Waals surface area (Å²) in [5, 5.41) is 14.6. The van der Waals surface area contributed by atoms with Gasteiger partial charge in [-0.1, -0.05) is 6.08 Å². The number of nitrogens with zero attached hydrogens (tertiary/aromatic N) is 4. The van der Waals surface area contributed by atoms with Gasteiger partial charge in [-0.3, -0.25) is 14.3 Å². The fourth-order valence-corrected chi connectivity index (χ4v) is 4.30. The van der Waals surface area contributed by atoms with Gasteiger partial charge in [0.2, 0.25) is 5.91 Å². The Morgan fingerprint density at radius 3 is 2.85 bits per heavy atom. The number of fused-ring (bicyclic) bond motifs is 2. The van der Waals surface area contributed by atoms with Crippen LogP contribution >= 0.6 is 0 Å². The third-order valence-corrected chi connectivity index (χ3v) is 5.46. The molecule has 142 valence electrons. The summed E-state index contributed by atoms with van der Waals surface area (Å²) in [6.07, 6.45) is 11.1. The smallest absolute Gasteiger partial charge is 0.256 e. The molecule has 2 amide bonds. The number of aromatic nitrogens is 4. The van der Waals surface area contributed by atoms with Gasteiger partial charge in [-0.25, -0.2) is 4.68 Å². The minimum Gasteiger partial charge on any atom is -0.349 e. The number of allylic oxidation sites excluding steroid dienone is 1. The quantitative estimate of drug-likeness (QED) is 0.856. The van der Waals surface area contributed by atoms with Crippen molar-refractivity contribution in [3.63, 3.8) is 0 Å². The van der Waals surface area contributed by atoms with Crippen molar-refractivity contribution in [3.8, 4) is 5.82 Å². The normalized spacial score (nSPS) is 24.2. The molecule has 2 aliphatic rings. The molecular weight excluding hydrogens is 344 g/mol. The molecule has 4 rings (SSSR count). The van der Waals surface area contributed by atoms with Crippen molar-refractivity contribution >= 4 is 11.8 Å². The van der Waals surface area contributed by atoms with Gasteiger partial charge in [0, 0.05) is 38.1 Å². The zero-order chi connectivity index (χ0) is 19.0. The van der Waals surface area contributed by atoms with E-state index in [1.165, 1.54) is 6.92 Å². The average Bonchev–Trinajstić information content (AvgIpc) is 3.26. The number of aryl methyl sites for hydroxylation is 1. The first-order chi connectivity index (χ1) is 13.0. The number of hydrogen-bond acceptors (Lipinski definition) is 4. The third kappa shape index (κ3) is 3.51. The van der Waals surface area contributed by atoms with Crippen LogP contribution in [0.5, 0.6) is 0 Å². The second kappa shape index (κ2) is 7.02. The van der Waals surface area contributed by atoms with E-state index in [0.29, 0.717) is 17.3 Å². The Morgan fingerprint density at radius 1 is 1.26 bits per heavy atom. The van der Waals surface area contributed by atoms with Crippen molar-refractivity contribution in [2.75, 3.05) is 0 Å². The lowest BCUT2D eigenvalue weighted by molar-refractivity contribution is -0.118. The molecule has 3 unspecified atom stereocenters. The molecule has 2 aliphatic carbocycles. The molecule has 0 saturated heterocycles. The largest absolute Gasteiger partial charge is 0.349 e. The van der Waals surface area contributed by atoms with Crippen LogP contribution in [0.4, 0.5) is 0 Å². The second-order valence-electron chi connectivity index (χ2n) is 7.46. The topological polar surface area (TPSA) is 93.8 Å². The van der Waals surface area contributed by atoms with Gasteiger partial charge in [-0.15, -0.1) is 0 Å². The Labute approximate surface area is 157 Å². The first-order valence-corrected chi connectivity index (χ1v) is 9.32. The maximum atomic E-state index is 13.0. The Balaban J connectivity index is 1.53. The zero-order valence-corrected chi connectivity index (χ0v) is 15.6. The van der Waals surface area contributed by atoms with Gasteiger partial charge in [0.25, 0.3) is 5.91 Å². The number of amides is 2. The number of nitrogens with one attached hydrogen (secondary N) is 2. The molecular formula is C19H24N6O2. The van der Waals surface area contributed by atoms with Gasteiger partial charge >= 0.3 is 0 Å². The molecule has 2 aromatic rings. The van der Waals surface area contributed by atoms with E-state index in [1.54, 1.807) is 35.0 Å². The van der Waals surface area contributed by atoms with Crippen molar-refractivity contribution in [2.24, 2.45) is 18.9 Å². The van der Waals surface area contributed by atoms with Gasteiger partial charge in [0.1, 0.15) is 5.56 Å². The molecule has 2 bridgehead atoms. The molecule has 3 atom stereocenters. The van der Waals surface area contributed by atoms with Crippen LogP contribution in [0.25, 0.3) is 5.82 Å². The molecule has 27 heavy (non-hydrogen) atoms. The van der Waals surface area contributed by atoms with Crippen molar-refractivity contribution < 1.29 is 9.59 Å². The minimum absolute atomic E-state index is 0.0407. The summed E-state index contributed by atoms with van der Waals surface area (Å²) < 4.78 is 3.29. The molecule has 2 aromatic heterocycles. The van der Waals surface area contributed by atoms with E-state index in [2.05, 4.69) is 26.9 Å². The van der Waals surface area contributed by atoms with Crippen LogP contribution in [-0.4, -0.2) is 37.4 Å². The Hall–Kier alpha value is -2.90. The van der Waals surface area contributed by atoms with Crippen LogP contribution in [0.1, 0.15) is 43.0 Å². The van der Waals surface area contributed by atoms with Crippen LogP contribution in [-0.2, 0) is 11.8 Å². The van der Waals surface area contributed by atoms with E-state index in [1.807, 2.05) is 6.07 Å². The van der Waals surface area contributed by atoms with Crippen LogP contribution in [0.3, 0.4) is 0 Å². The third-order valence-electron chi connectivity index (χ3n) is 5.46. The van der Waals surface area contributed by atoms with E-state index in [-0.39, 0.29) is 23.8 Å². The Morgan fingerprint density at radius 2 is 2.11 bits per heavy atom. The lowest BCUT2D eigenvalue weighted by Crippen LogP contribution is -2.45. The highest BCUT2D eigenvalue weighted by Gasteiger charge is 2.35. The van der Waals surface area contributed by atoms with Crippen molar-refractivity contribution in [1.82, 2.24) is 30.2 Å². The fraction of sp³-hybridized carbons (Fsp3) is 0.474. The van der Waals surface area contributed by atoms with Gasteiger partial charge in [-0.05, 0) is 43.6 Å². The van der Waals surface area contributed by atoms with Crippen LogP contribution in [0.15, 0.2) is 36.4 Å². The van der Waals surface area contributed by atoms with E-state index in [4.69, 9.17) is 0 Å². The van der Waals surface area contributed by atoms with Crippen LogP contribution in [0, 0.1) is 11.8 Å². The van der Waals surface area contributed by atoms with Crippen LogP contribution in [0.2, 0.25) is 0 Å². The molecule has 0 aliphatic heterocycles. The van der Waals surface area contributed by atoms with E-state index in [0.717, 1.165) is 31.4 Å². The predicted molar refractivity (Wildman–Crippen MR) is 98.9 cm³/mol. The predicted octanol–water partition coefficient (Wildman–Crippen LogP) is 1.54. The van der Waals surface area contributed by atoms with Crippen LogP contribution < -0.4 is 10.6 Å². The number of carbonyl (C=O) groups is 2. The maximum Gasteiger partial charge on any atom is 0.256 e. The van der Waals surface area contributed by atoms with Crippen molar-refractivity contribution in [2.45, 2.75) is 38.6 Å². The molecule has 8 nitrogen and oxygen atoms in total. The SMILES string of the molecule is CC(=O)NC1=CC2CC(CCC2NC(=O)c2cnn(C)c2-n2cccn2)C1. The lowest BCUT2D eigenvalue weighted by atomic mass is 9.72. The number of carbonyl (C=O) groups excluding carboxylic acids is 2. The number of rotatable bonds is 4. The van der Waals surface area contributed by atoms with Gasteiger partial charge < -0.3 is 10.6 Å². The number of hydrogen-bond donors (Lipinski definition) is 2. The summed E-state index contributed by atoms with van der Waals surface area (Å²) in [7, 11) is 1.79. The highest BCUT2D eigenvalue weighted by molar-refractivity contribution is 5.97. The van der Waals surface area contributed by atoms with Gasteiger partial charge in [0.15, 0.2) is 5.82 Å². The summed E-state index contributed by atoms with van der Waals surface area (Å²) in [6.45, 7) is 1.53. The standard InChI is InChI=1S/C19H24N6O2/c1-12(26)22-15-9-13-4-5-17(14(8-13)10-15)23-18(27)16-11-21-24(2)19(16)25-7-3-6-20-25/h3,6-7,10-11,13-14,17H,4-5,8-9H2,1-2H3,(H,22,26)(H,23,27). The molecule has 2 N–H and O–H groups in total. The zero-order valence-electron chi connectivity index (χ0n) is 15.6. The first-order valence-electron chi connectivity index (χ1n) is 9.32. The molecule has 2 heterocycles. The summed E-state index contributed by atoms with van der Waals surface area (Å²) >= 11 is 0. The Bertz CT molecular complexity index is 882. The molecule has 1 saturated carbocycles. The van der Waals surface area contributed by atoms with E-state index in [9.17, 15) is 9.59 Å². The molecule has 1 fully saturated rings. The summed E-state index contributed by atoms with van der Waals surface area (Å²) in [4.78, 5) is 24.4. The Kier molecular flexibility index (Phi) is 4.55. The molecule has 0 radical (unpaired) electrons. The van der Waals surface area contributed by atoms with E-state index >= 15 is 0 Å². The highest BCUT2D eigenvalue weighted by atomic mass is 16.2. The molecule has 0 aromatic carbocycles. The first kappa shape index (κ1) is 17.5.